The van der Waals surface area contributed by atoms with E-state index in [-0.39, 0.29) is 6.42 Å². The minimum absolute atomic E-state index is 0.170. The molecule has 0 aliphatic carbocycles. The van der Waals surface area contributed by atoms with Crippen molar-refractivity contribution in [3.05, 3.63) is 53.6 Å². The zero-order chi connectivity index (χ0) is 16.8. The number of rotatable bonds is 7. The Hall–Kier alpha value is -2.69. The third-order valence-corrected chi connectivity index (χ3v) is 3.44. The van der Waals surface area contributed by atoms with Gasteiger partial charge in [-0.15, -0.1) is 0 Å². The normalized spacial score (nSPS) is 11.6. The van der Waals surface area contributed by atoms with Crippen molar-refractivity contribution in [1.82, 2.24) is 0 Å². The first-order chi connectivity index (χ1) is 11.0. The fourth-order valence-corrected chi connectivity index (χ4v) is 2.27. The van der Waals surface area contributed by atoms with Crippen molar-refractivity contribution in [3.8, 4) is 17.2 Å². The van der Waals surface area contributed by atoms with Crippen LogP contribution in [0.15, 0.2) is 42.5 Å². The molecule has 2 aromatic rings. The quantitative estimate of drug-likeness (QED) is 0.850. The summed E-state index contributed by atoms with van der Waals surface area (Å²) in [5.41, 5.74) is 1.72. The molecule has 2 aromatic carbocycles. The predicted molar refractivity (Wildman–Crippen MR) is 86.5 cm³/mol. The van der Waals surface area contributed by atoms with Crippen LogP contribution in [0.5, 0.6) is 17.2 Å². The molecule has 1 N–H and O–H groups in total. The Labute approximate surface area is 135 Å². The third kappa shape index (κ3) is 4.39. The molecule has 5 heteroatoms. The van der Waals surface area contributed by atoms with Gasteiger partial charge in [-0.1, -0.05) is 12.1 Å². The summed E-state index contributed by atoms with van der Waals surface area (Å²) in [4.78, 5) is 11.6. The number of carboxylic acids is 1. The Kier molecular flexibility index (Phi) is 5.46. The van der Waals surface area contributed by atoms with E-state index in [4.69, 9.17) is 14.2 Å². The molecule has 0 amide bonds. The van der Waals surface area contributed by atoms with E-state index >= 15 is 0 Å². The lowest BCUT2D eigenvalue weighted by Crippen LogP contribution is -2.29. The van der Waals surface area contributed by atoms with Crippen LogP contribution in [-0.2, 0) is 11.2 Å². The number of carbonyl (C=O) groups is 1. The standard InChI is InChI=1S/C18H20O5/c1-12-5-4-6-15(9-12)23-17(18(19)20)11-13-10-14(21-2)7-8-16(13)22-3/h4-10,17H,11H2,1-3H3,(H,19,20)/t17-/m0/s1. The Morgan fingerprint density at radius 1 is 1.09 bits per heavy atom. The first-order valence-electron chi connectivity index (χ1n) is 7.20. The van der Waals surface area contributed by atoms with Crippen LogP contribution < -0.4 is 14.2 Å². The lowest BCUT2D eigenvalue weighted by atomic mass is 10.1. The van der Waals surface area contributed by atoms with E-state index in [9.17, 15) is 9.90 Å². The third-order valence-electron chi connectivity index (χ3n) is 3.44. The minimum atomic E-state index is -1.03. The van der Waals surface area contributed by atoms with Crippen molar-refractivity contribution in [2.45, 2.75) is 19.4 Å². The first-order valence-corrected chi connectivity index (χ1v) is 7.20. The predicted octanol–water partition coefficient (Wildman–Crippen LogP) is 3.09. The minimum Gasteiger partial charge on any atom is -0.497 e. The smallest absolute Gasteiger partial charge is 0.345 e. The van der Waals surface area contributed by atoms with Crippen LogP contribution in [0.2, 0.25) is 0 Å². The van der Waals surface area contributed by atoms with Gasteiger partial charge in [0, 0.05) is 12.0 Å². The molecule has 0 unspecified atom stereocenters. The highest BCUT2D eigenvalue weighted by atomic mass is 16.5. The number of benzene rings is 2. The number of ether oxygens (including phenoxy) is 3. The van der Waals surface area contributed by atoms with E-state index in [1.54, 1.807) is 44.6 Å². The van der Waals surface area contributed by atoms with Crippen molar-refractivity contribution in [3.63, 3.8) is 0 Å². The molecule has 0 heterocycles. The number of hydrogen-bond acceptors (Lipinski definition) is 4. The molecule has 2 rings (SSSR count). The van der Waals surface area contributed by atoms with Gasteiger partial charge in [0.1, 0.15) is 17.2 Å². The molecule has 0 saturated carbocycles. The molecule has 0 aliphatic heterocycles. The molecule has 0 saturated heterocycles. The van der Waals surface area contributed by atoms with Crippen LogP contribution in [0.3, 0.4) is 0 Å². The van der Waals surface area contributed by atoms with Crippen LogP contribution in [0.4, 0.5) is 0 Å². The van der Waals surface area contributed by atoms with Crippen LogP contribution in [0.25, 0.3) is 0 Å². The lowest BCUT2D eigenvalue weighted by Gasteiger charge is -2.17. The molecule has 0 spiro atoms. The van der Waals surface area contributed by atoms with Gasteiger partial charge in [0.05, 0.1) is 14.2 Å². The summed E-state index contributed by atoms with van der Waals surface area (Å²) in [6.45, 7) is 1.92. The molecule has 0 fully saturated rings. The van der Waals surface area contributed by atoms with Gasteiger partial charge in [0.2, 0.25) is 0 Å². The average Bonchev–Trinajstić information content (AvgIpc) is 2.54. The van der Waals surface area contributed by atoms with Crippen molar-refractivity contribution < 1.29 is 24.1 Å². The maximum Gasteiger partial charge on any atom is 0.345 e. The van der Waals surface area contributed by atoms with Gasteiger partial charge in [-0.2, -0.15) is 0 Å². The second-order valence-electron chi connectivity index (χ2n) is 5.14. The SMILES string of the molecule is COc1ccc(OC)c(C[C@H](Oc2cccc(C)c2)C(=O)O)c1. The van der Waals surface area contributed by atoms with E-state index < -0.39 is 12.1 Å². The highest BCUT2D eigenvalue weighted by Gasteiger charge is 2.22. The van der Waals surface area contributed by atoms with Gasteiger partial charge in [-0.25, -0.2) is 4.79 Å². The van der Waals surface area contributed by atoms with Crippen molar-refractivity contribution in [2.24, 2.45) is 0 Å². The Bertz CT molecular complexity index is 681. The molecule has 122 valence electrons. The number of methoxy groups -OCH3 is 2. The zero-order valence-corrected chi connectivity index (χ0v) is 13.4. The summed E-state index contributed by atoms with van der Waals surface area (Å²) in [6, 6.07) is 12.6. The van der Waals surface area contributed by atoms with Gasteiger partial charge < -0.3 is 19.3 Å². The van der Waals surface area contributed by atoms with Gasteiger partial charge >= 0.3 is 5.97 Å². The molecule has 0 radical (unpaired) electrons. The average molecular weight is 316 g/mol. The van der Waals surface area contributed by atoms with Crippen LogP contribution in [-0.4, -0.2) is 31.4 Å². The number of aryl methyl sites for hydroxylation is 1. The summed E-state index contributed by atoms with van der Waals surface area (Å²) in [5, 5.41) is 9.46. The van der Waals surface area contributed by atoms with E-state index in [2.05, 4.69) is 0 Å². The highest BCUT2D eigenvalue weighted by Crippen LogP contribution is 2.26. The van der Waals surface area contributed by atoms with Crippen LogP contribution in [0.1, 0.15) is 11.1 Å². The number of carboxylic acid groups (broad SMARTS) is 1. The fourth-order valence-electron chi connectivity index (χ4n) is 2.27. The molecule has 5 nitrogen and oxygen atoms in total. The number of hydrogen-bond donors (Lipinski definition) is 1. The second kappa shape index (κ2) is 7.54. The monoisotopic (exact) mass is 316 g/mol. The Morgan fingerprint density at radius 2 is 1.87 bits per heavy atom. The molecule has 0 aliphatic rings. The molecule has 23 heavy (non-hydrogen) atoms. The summed E-state index contributed by atoms with van der Waals surface area (Å²) >= 11 is 0. The van der Waals surface area contributed by atoms with Gasteiger partial charge in [-0.3, -0.25) is 0 Å². The zero-order valence-electron chi connectivity index (χ0n) is 13.4. The Morgan fingerprint density at radius 3 is 2.48 bits per heavy atom. The van der Waals surface area contributed by atoms with Crippen molar-refractivity contribution in [2.75, 3.05) is 14.2 Å². The largest absolute Gasteiger partial charge is 0.497 e. The van der Waals surface area contributed by atoms with Crippen molar-refractivity contribution >= 4 is 5.97 Å². The topological polar surface area (TPSA) is 65.0 Å². The summed E-state index contributed by atoms with van der Waals surface area (Å²) in [6.07, 6.45) is -0.846. The lowest BCUT2D eigenvalue weighted by molar-refractivity contribution is -0.145. The van der Waals surface area contributed by atoms with Crippen molar-refractivity contribution in [1.29, 1.82) is 0 Å². The summed E-state index contributed by atoms with van der Waals surface area (Å²) in [7, 11) is 3.10. The highest BCUT2D eigenvalue weighted by molar-refractivity contribution is 5.73. The van der Waals surface area contributed by atoms with Gasteiger partial charge in [-0.05, 0) is 42.8 Å². The van der Waals surface area contributed by atoms with E-state index in [0.29, 0.717) is 22.8 Å². The van der Waals surface area contributed by atoms with E-state index in [1.165, 1.54) is 0 Å². The maximum absolute atomic E-state index is 11.6. The molecular weight excluding hydrogens is 296 g/mol. The first kappa shape index (κ1) is 16.7. The van der Waals surface area contributed by atoms with E-state index in [0.717, 1.165) is 5.56 Å². The number of aliphatic carboxylic acids is 1. The maximum atomic E-state index is 11.6. The fraction of sp³-hybridized carbons (Fsp3) is 0.278. The summed E-state index contributed by atoms with van der Waals surface area (Å²) < 4.78 is 16.1. The van der Waals surface area contributed by atoms with Gasteiger partial charge in [0.25, 0.3) is 0 Å². The van der Waals surface area contributed by atoms with Crippen LogP contribution in [0, 0.1) is 6.92 Å². The molecule has 1 atom stereocenters. The van der Waals surface area contributed by atoms with Crippen LogP contribution >= 0.6 is 0 Å². The second-order valence-corrected chi connectivity index (χ2v) is 5.14. The Balaban J connectivity index is 2.24. The van der Waals surface area contributed by atoms with E-state index in [1.807, 2.05) is 19.1 Å². The molecule has 0 aromatic heterocycles. The molecular formula is C18H20O5. The van der Waals surface area contributed by atoms with Gasteiger partial charge in [0.15, 0.2) is 6.10 Å². The summed E-state index contributed by atoms with van der Waals surface area (Å²) in [5.74, 6) is 0.737. The molecule has 0 bridgehead atoms.